The molecule has 2 rings (SSSR count). The van der Waals surface area contributed by atoms with Crippen LogP contribution >= 0.6 is 27.5 Å². The van der Waals surface area contributed by atoms with Crippen LogP contribution in [0.2, 0.25) is 5.02 Å². The van der Waals surface area contributed by atoms with Crippen LogP contribution in [0.3, 0.4) is 0 Å². The molecule has 5 heteroatoms. The summed E-state index contributed by atoms with van der Waals surface area (Å²) < 4.78 is 14.7. The van der Waals surface area contributed by atoms with Crippen LogP contribution in [0.15, 0.2) is 40.9 Å². The second-order valence-electron chi connectivity index (χ2n) is 4.47. The summed E-state index contributed by atoms with van der Waals surface area (Å²) in [6, 6.07) is 11.0. The summed E-state index contributed by atoms with van der Waals surface area (Å²) >= 11 is 9.29. The first-order chi connectivity index (χ1) is 9.97. The quantitative estimate of drug-likeness (QED) is 0.714. The van der Waals surface area contributed by atoms with E-state index in [1.807, 2.05) is 6.07 Å². The third-order valence-electron chi connectivity index (χ3n) is 3.21. The van der Waals surface area contributed by atoms with Crippen LogP contribution in [0.4, 0.5) is 4.39 Å². The first-order valence-corrected chi connectivity index (χ1v) is 7.27. The lowest BCUT2D eigenvalue weighted by atomic mass is 9.89. The van der Waals surface area contributed by atoms with E-state index in [0.29, 0.717) is 11.1 Å². The number of nitriles is 1. The van der Waals surface area contributed by atoms with Gasteiger partial charge in [-0.05, 0) is 30.7 Å². The summed E-state index contributed by atoms with van der Waals surface area (Å²) in [7, 11) is 0. The number of ketones is 1. The molecule has 2 aromatic rings. The molecule has 0 saturated carbocycles. The predicted molar refractivity (Wildman–Crippen MR) is 83.0 cm³/mol. The SMILES string of the molecule is Cc1c(Br)cccc1C(=O)C(C#N)c1c(F)cccc1Cl. The lowest BCUT2D eigenvalue weighted by Gasteiger charge is -2.13. The molecule has 0 N–H and O–H groups in total. The van der Waals surface area contributed by atoms with E-state index in [1.165, 1.54) is 18.2 Å². The lowest BCUT2D eigenvalue weighted by molar-refractivity contribution is 0.0977. The zero-order valence-electron chi connectivity index (χ0n) is 11.0. The molecule has 0 spiro atoms. The van der Waals surface area contributed by atoms with Crippen LogP contribution in [-0.4, -0.2) is 5.78 Å². The molecule has 0 radical (unpaired) electrons. The molecular formula is C16H10BrClFNO. The topological polar surface area (TPSA) is 40.9 Å². The van der Waals surface area contributed by atoms with E-state index >= 15 is 0 Å². The third-order valence-corrected chi connectivity index (χ3v) is 4.40. The zero-order valence-corrected chi connectivity index (χ0v) is 13.4. The fourth-order valence-electron chi connectivity index (χ4n) is 2.07. The number of hydrogen-bond acceptors (Lipinski definition) is 2. The highest BCUT2D eigenvalue weighted by atomic mass is 79.9. The first kappa shape index (κ1) is 15.7. The molecule has 21 heavy (non-hydrogen) atoms. The standard InChI is InChI=1S/C16H10BrClFNO/c1-9-10(4-2-5-12(9)17)16(21)11(8-20)15-13(18)6-3-7-14(15)19/h2-7,11H,1H3. The number of halogens is 3. The largest absolute Gasteiger partial charge is 0.292 e. The molecule has 0 saturated heterocycles. The number of nitrogens with zero attached hydrogens (tertiary/aromatic N) is 1. The van der Waals surface area contributed by atoms with Crippen LogP contribution in [0.25, 0.3) is 0 Å². The Balaban J connectivity index is 2.55. The van der Waals surface area contributed by atoms with Crippen molar-refractivity contribution in [3.05, 3.63) is 68.4 Å². The number of carbonyl (C=O) groups is 1. The van der Waals surface area contributed by atoms with E-state index in [1.54, 1.807) is 25.1 Å². The monoisotopic (exact) mass is 365 g/mol. The molecule has 0 amide bonds. The van der Waals surface area contributed by atoms with Gasteiger partial charge in [-0.15, -0.1) is 0 Å². The molecule has 0 aliphatic heterocycles. The van der Waals surface area contributed by atoms with Gasteiger partial charge in [0.2, 0.25) is 0 Å². The number of rotatable bonds is 3. The maximum Gasteiger partial charge on any atom is 0.184 e. The van der Waals surface area contributed by atoms with Crippen LogP contribution in [-0.2, 0) is 0 Å². The average molecular weight is 367 g/mol. The predicted octanol–water partition coefficient (Wildman–Crippen LogP) is 5.04. The molecule has 0 aliphatic carbocycles. The maximum atomic E-state index is 13.9. The average Bonchev–Trinajstić information content (AvgIpc) is 2.45. The second-order valence-corrected chi connectivity index (χ2v) is 5.74. The Morgan fingerprint density at radius 2 is 2.00 bits per heavy atom. The molecule has 0 heterocycles. The van der Waals surface area contributed by atoms with Gasteiger partial charge in [0.1, 0.15) is 11.7 Å². The molecule has 1 atom stereocenters. The van der Waals surface area contributed by atoms with Gasteiger partial charge in [-0.1, -0.05) is 45.7 Å². The first-order valence-electron chi connectivity index (χ1n) is 6.10. The minimum atomic E-state index is -1.27. The smallest absolute Gasteiger partial charge is 0.184 e. The van der Waals surface area contributed by atoms with Crippen LogP contribution in [0, 0.1) is 24.1 Å². The van der Waals surface area contributed by atoms with Gasteiger partial charge in [0.25, 0.3) is 0 Å². The minimum absolute atomic E-state index is 0.0718. The summed E-state index contributed by atoms with van der Waals surface area (Å²) in [5.41, 5.74) is 0.997. The minimum Gasteiger partial charge on any atom is -0.292 e. The molecule has 2 aromatic carbocycles. The summed E-state index contributed by atoms with van der Waals surface area (Å²) in [4.78, 5) is 12.6. The second kappa shape index (κ2) is 6.38. The molecule has 0 bridgehead atoms. The molecule has 0 aromatic heterocycles. The van der Waals surface area contributed by atoms with Gasteiger partial charge in [-0.2, -0.15) is 5.26 Å². The van der Waals surface area contributed by atoms with E-state index in [2.05, 4.69) is 15.9 Å². The van der Waals surface area contributed by atoms with Gasteiger partial charge in [0.15, 0.2) is 5.78 Å². The highest BCUT2D eigenvalue weighted by molar-refractivity contribution is 9.10. The van der Waals surface area contributed by atoms with Crippen LogP contribution in [0.1, 0.15) is 27.4 Å². The fourth-order valence-corrected chi connectivity index (χ4v) is 2.71. The Hall–Kier alpha value is -1.70. The Morgan fingerprint density at radius 1 is 1.33 bits per heavy atom. The van der Waals surface area contributed by atoms with Crippen LogP contribution < -0.4 is 0 Å². The highest BCUT2D eigenvalue weighted by Gasteiger charge is 2.28. The zero-order chi connectivity index (χ0) is 15.6. The molecule has 1 unspecified atom stereocenters. The van der Waals surface area contributed by atoms with Crippen molar-refractivity contribution in [2.75, 3.05) is 0 Å². The lowest BCUT2D eigenvalue weighted by Crippen LogP contribution is -2.14. The van der Waals surface area contributed by atoms with E-state index in [9.17, 15) is 14.4 Å². The van der Waals surface area contributed by atoms with Gasteiger partial charge in [-0.3, -0.25) is 4.79 Å². The number of benzene rings is 2. The summed E-state index contributed by atoms with van der Waals surface area (Å²) in [6.45, 7) is 1.76. The summed E-state index contributed by atoms with van der Waals surface area (Å²) in [5, 5.41) is 9.38. The van der Waals surface area contributed by atoms with Gasteiger partial charge >= 0.3 is 0 Å². The Labute approximate surface area is 135 Å². The maximum absolute atomic E-state index is 13.9. The molecule has 2 nitrogen and oxygen atoms in total. The third kappa shape index (κ3) is 2.99. The number of hydrogen-bond donors (Lipinski definition) is 0. The van der Waals surface area contributed by atoms with Gasteiger partial charge in [-0.25, -0.2) is 4.39 Å². The van der Waals surface area contributed by atoms with E-state index < -0.39 is 17.5 Å². The van der Waals surface area contributed by atoms with Crippen molar-refractivity contribution in [1.29, 1.82) is 5.26 Å². The highest BCUT2D eigenvalue weighted by Crippen LogP contribution is 2.31. The Kier molecular flexibility index (Phi) is 4.76. The van der Waals surface area contributed by atoms with E-state index in [-0.39, 0.29) is 10.6 Å². The van der Waals surface area contributed by atoms with Gasteiger partial charge < -0.3 is 0 Å². The van der Waals surface area contributed by atoms with Crippen molar-refractivity contribution in [1.82, 2.24) is 0 Å². The number of Topliss-reactive ketones (excluding diaryl/α,β-unsaturated/α-hetero) is 1. The summed E-state index contributed by atoms with van der Waals surface area (Å²) in [5.74, 6) is -2.40. The molecule has 106 valence electrons. The van der Waals surface area contributed by atoms with Crippen molar-refractivity contribution in [2.24, 2.45) is 0 Å². The molecule has 0 fully saturated rings. The number of carbonyl (C=O) groups excluding carboxylic acids is 1. The van der Waals surface area contributed by atoms with E-state index in [0.717, 1.165) is 4.47 Å². The van der Waals surface area contributed by atoms with E-state index in [4.69, 9.17) is 11.6 Å². The molecular weight excluding hydrogens is 357 g/mol. The Morgan fingerprint density at radius 3 is 2.62 bits per heavy atom. The summed E-state index contributed by atoms with van der Waals surface area (Å²) in [6.07, 6.45) is 0. The van der Waals surface area contributed by atoms with Crippen LogP contribution in [0.5, 0.6) is 0 Å². The van der Waals surface area contributed by atoms with Crippen molar-refractivity contribution >= 4 is 33.3 Å². The normalized spacial score (nSPS) is 11.8. The fraction of sp³-hybridized carbons (Fsp3) is 0.125. The van der Waals surface area contributed by atoms with Crippen molar-refractivity contribution in [2.45, 2.75) is 12.8 Å². The van der Waals surface area contributed by atoms with Gasteiger partial charge in [0.05, 0.1) is 6.07 Å². The van der Waals surface area contributed by atoms with Crippen molar-refractivity contribution in [3.63, 3.8) is 0 Å². The van der Waals surface area contributed by atoms with Crippen molar-refractivity contribution in [3.8, 4) is 6.07 Å². The van der Waals surface area contributed by atoms with Gasteiger partial charge in [0, 0.05) is 20.6 Å². The Bertz CT molecular complexity index is 734. The van der Waals surface area contributed by atoms with Crippen molar-refractivity contribution < 1.29 is 9.18 Å². The molecule has 0 aliphatic rings.